The number of hydrogen-bond acceptors (Lipinski definition) is 3. The second-order valence-corrected chi connectivity index (χ2v) is 3.07. The third-order valence-electron chi connectivity index (χ3n) is 1.84. The lowest BCUT2D eigenvalue weighted by atomic mass is 10.2. The molecule has 0 saturated heterocycles. The summed E-state index contributed by atoms with van der Waals surface area (Å²) in [6, 6.07) is 2.98. The van der Waals surface area contributed by atoms with E-state index in [1.165, 1.54) is 6.07 Å². The summed E-state index contributed by atoms with van der Waals surface area (Å²) in [5, 5.41) is 8.40. The first-order valence-corrected chi connectivity index (χ1v) is 4.29. The van der Waals surface area contributed by atoms with Gasteiger partial charge in [-0.15, -0.1) is 0 Å². The lowest BCUT2D eigenvalue weighted by molar-refractivity contribution is 0.171. The van der Waals surface area contributed by atoms with Crippen LogP contribution in [0.5, 0.6) is 11.5 Å². The Kier molecular flexibility index (Phi) is 2.18. The van der Waals surface area contributed by atoms with Crippen LogP contribution in [0.1, 0.15) is 5.56 Å². The lowest BCUT2D eigenvalue weighted by Crippen LogP contribution is -2.16. The van der Waals surface area contributed by atoms with Crippen LogP contribution in [0.4, 0.5) is 4.39 Å². The SMILES string of the molecule is N#Cc1cc2c(c(Cl)c1F)OCCO2. The van der Waals surface area contributed by atoms with Gasteiger partial charge in [0, 0.05) is 6.07 Å². The molecule has 1 aromatic carbocycles. The number of fused-ring (bicyclic) bond motifs is 1. The highest BCUT2D eigenvalue weighted by molar-refractivity contribution is 6.32. The first-order chi connectivity index (χ1) is 6.74. The maximum Gasteiger partial charge on any atom is 0.183 e. The molecule has 0 spiro atoms. The molecule has 0 fully saturated rings. The lowest BCUT2D eigenvalue weighted by Gasteiger charge is -2.19. The van der Waals surface area contributed by atoms with Crippen LogP contribution in [0.3, 0.4) is 0 Å². The van der Waals surface area contributed by atoms with Crippen LogP contribution in [0, 0.1) is 17.1 Å². The van der Waals surface area contributed by atoms with Gasteiger partial charge in [-0.3, -0.25) is 0 Å². The average Bonchev–Trinajstić information content (AvgIpc) is 2.23. The Hall–Kier alpha value is -1.47. The number of nitriles is 1. The predicted molar refractivity (Wildman–Crippen MR) is 47.1 cm³/mol. The van der Waals surface area contributed by atoms with Crippen LogP contribution >= 0.6 is 11.6 Å². The summed E-state index contributed by atoms with van der Waals surface area (Å²) < 4.78 is 23.6. The molecule has 14 heavy (non-hydrogen) atoms. The molecule has 5 heteroatoms. The Morgan fingerprint density at radius 2 is 2.14 bits per heavy atom. The molecule has 1 heterocycles. The molecule has 0 atom stereocenters. The molecule has 1 aromatic rings. The van der Waals surface area contributed by atoms with Gasteiger partial charge in [0.25, 0.3) is 0 Å². The summed E-state index contributed by atoms with van der Waals surface area (Å²) >= 11 is 5.66. The van der Waals surface area contributed by atoms with E-state index in [4.69, 9.17) is 26.3 Å². The van der Waals surface area contributed by atoms with Crippen LogP contribution in [-0.4, -0.2) is 13.2 Å². The number of hydrogen-bond donors (Lipinski definition) is 0. The number of nitrogens with zero attached hydrogens (tertiary/aromatic N) is 1. The van der Waals surface area contributed by atoms with E-state index in [-0.39, 0.29) is 16.3 Å². The van der Waals surface area contributed by atoms with Gasteiger partial charge in [0.15, 0.2) is 17.3 Å². The second kappa shape index (κ2) is 3.35. The van der Waals surface area contributed by atoms with E-state index >= 15 is 0 Å². The van der Waals surface area contributed by atoms with Crippen molar-refractivity contribution in [2.24, 2.45) is 0 Å². The molecule has 0 aliphatic carbocycles. The van der Waals surface area contributed by atoms with Crippen molar-refractivity contribution in [3.8, 4) is 17.6 Å². The highest BCUT2D eigenvalue weighted by atomic mass is 35.5. The standard InChI is InChI=1S/C9H5ClFNO2/c10-7-8(11)5(4-12)3-6-9(7)14-2-1-13-6/h3H,1-2H2. The number of rotatable bonds is 0. The summed E-state index contributed by atoms with van der Waals surface area (Å²) in [4.78, 5) is 0. The van der Waals surface area contributed by atoms with Crippen molar-refractivity contribution in [1.82, 2.24) is 0 Å². The summed E-state index contributed by atoms with van der Waals surface area (Å²) in [6.07, 6.45) is 0. The maximum absolute atomic E-state index is 13.3. The fraction of sp³-hybridized carbons (Fsp3) is 0.222. The van der Waals surface area contributed by atoms with Gasteiger partial charge in [-0.1, -0.05) is 11.6 Å². The Morgan fingerprint density at radius 1 is 1.43 bits per heavy atom. The Labute approximate surface area is 84.6 Å². The van der Waals surface area contributed by atoms with E-state index in [0.29, 0.717) is 19.0 Å². The minimum atomic E-state index is -0.765. The molecule has 0 bridgehead atoms. The van der Waals surface area contributed by atoms with Gasteiger partial charge >= 0.3 is 0 Å². The van der Waals surface area contributed by atoms with E-state index in [0.717, 1.165) is 0 Å². The monoisotopic (exact) mass is 213 g/mol. The molecule has 1 aliphatic heterocycles. The van der Waals surface area contributed by atoms with Gasteiger partial charge < -0.3 is 9.47 Å². The van der Waals surface area contributed by atoms with Gasteiger partial charge in [-0.05, 0) is 0 Å². The van der Waals surface area contributed by atoms with Crippen molar-refractivity contribution < 1.29 is 13.9 Å². The van der Waals surface area contributed by atoms with Crippen LogP contribution in [0.15, 0.2) is 6.07 Å². The molecule has 3 nitrogen and oxygen atoms in total. The van der Waals surface area contributed by atoms with Crippen molar-refractivity contribution in [1.29, 1.82) is 5.26 Å². The van der Waals surface area contributed by atoms with Gasteiger partial charge in [0.2, 0.25) is 0 Å². The zero-order valence-corrected chi connectivity index (χ0v) is 7.77. The van der Waals surface area contributed by atoms with Crippen LogP contribution < -0.4 is 9.47 Å². The van der Waals surface area contributed by atoms with E-state index in [9.17, 15) is 4.39 Å². The van der Waals surface area contributed by atoms with Gasteiger partial charge in [-0.25, -0.2) is 4.39 Å². The highest BCUT2D eigenvalue weighted by Gasteiger charge is 2.21. The molecular weight excluding hydrogens is 209 g/mol. The molecule has 0 aromatic heterocycles. The third kappa shape index (κ3) is 1.26. The van der Waals surface area contributed by atoms with Crippen LogP contribution in [0.2, 0.25) is 5.02 Å². The smallest absolute Gasteiger partial charge is 0.183 e. The molecule has 0 radical (unpaired) electrons. The van der Waals surface area contributed by atoms with Gasteiger partial charge in [0.05, 0.1) is 5.56 Å². The Morgan fingerprint density at radius 3 is 2.86 bits per heavy atom. The first-order valence-electron chi connectivity index (χ1n) is 3.91. The van der Waals surface area contributed by atoms with Crippen LogP contribution in [0.25, 0.3) is 0 Å². The fourth-order valence-corrected chi connectivity index (χ4v) is 1.45. The molecular formula is C9H5ClFNO2. The summed E-state index contributed by atoms with van der Waals surface area (Å²) in [6.45, 7) is 0.706. The van der Waals surface area contributed by atoms with Crippen molar-refractivity contribution in [2.45, 2.75) is 0 Å². The molecule has 72 valence electrons. The Balaban J connectivity index is 2.64. The summed E-state index contributed by atoms with van der Waals surface area (Å²) in [5.74, 6) is -0.271. The molecule has 1 aliphatic rings. The molecule has 0 unspecified atom stereocenters. The third-order valence-corrected chi connectivity index (χ3v) is 2.17. The largest absolute Gasteiger partial charge is 0.486 e. The van der Waals surface area contributed by atoms with Crippen LogP contribution in [-0.2, 0) is 0 Å². The van der Waals surface area contributed by atoms with Gasteiger partial charge in [0.1, 0.15) is 24.3 Å². The van der Waals surface area contributed by atoms with Crippen molar-refractivity contribution in [2.75, 3.05) is 13.2 Å². The molecule has 0 N–H and O–H groups in total. The Bertz CT molecular complexity index is 428. The maximum atomic E-state index is 13.3. The molecule has 2 rings (SSSR count). The average molecular weight is 214 g/mol. The molecule has 0 amide bonds. The number of benzene rings is 1. The topological polar surface area (TPSA) is 42.2 Å². The summed E-state index contributed by atoms with van der Waals surface area (Å²) in [5.41, 5.74) is -0.140. The van der Waals surface area contributed by atoms with E-state index < -0.39 is 5.82 Å². The van der Waals surface area contributed by atoms with Crippen molar-refractivity contribution in [3.05, 3.63) is 22.5 Å². The van der Waals surface area contributed by atoms with Crippen molar-refractivity contribution >= 4 is 11.6 Å². The second-order valence-electron chi connectivity index (χ2n) is 2.69. The van der Waals surface area contributed by atoms with E-state index in [1.807, 2.05) is 0 Å². The van der Waals surface area contributed by atoms with Crippen molar-refractivity contribution in [3.63, 3.8) is 0 Å². The number of halogens is 2. The minimum Gasteiger partial charge on any atom is -0.486 e. The molecule has 0 saturated carbocycles. The zero-order chi connectivity index (χ0) is 10.1. The number of ether oxygens (including phenoxy) is 2. The zero-order valence-electron chi connectivity index (χ0n) is 7.01. The normalized spacial score (nSPS) is 13.5. The minimum absolute atomic E-state index is 0.140. The summed E-state index contributed by atoms with van der Waals surface area (Å²) in [7, 11) is 0. The fourth-order valence-electron chi connectivity index (χ4n) is 1.20. The van der Waals surface area contributed by atoms with Gasteiger partial charge in [-0.2, -0.15) is 5.26 Å². The quantitative estimate of drug-likeness (QED) is 0.663. The highest BCUT2D eigenvalue weighted by Crippen LogP contribution is 2.40. The van der Waals surface area contributed by atoms with E-state index in [2.05, 4.69) is 0 Å². The van der Waals surface area contributed by atoms with E-state index in [1.54, 1.807) is 6.07 Å². The predicted octanol–water partition coefficient (Wildman–Crippen LogP) is 2.12. The first kappa shape index (κ1) is 9.10.